The summed E-state index contributed by atoms with van der Waals surface area (Å²) in [5.74, 6) is 0.109. The molecule has 1 N–H and O–H groups in total. The molecule has 4 nitrogen and oxygen atoms in total. The molecular formula is C13H16FN3OS. The first kappa shape index (κ1) is 14.0. The molecule has 2 rings (SSSR count). The van der Waals surface area contributed by atoms with Gasteiger partial charge in [-0.15, -0.1) is 16.9 Å². The highest BCUT2D eigenvalue weighted by atomic mass is 32.2. The molecule has 0 fully saturated rings. The fourth-order valence-corrected chi connectivity index (χ4v) is 2.61. The first-order valence-corrected chi connectivity index (χ1v) is 7.14. The Morgan fingerprint density at radius 3 is 2.95 bits per heavy atom. The summed E-state index contributed by atoms with van der Waals surface area (Å²) >= 11 is 1.29. The highest BCUT2D eigenvalue weighted by molar-refractivity contribution is 7.99. The lowest BCUT2D eigenvalue weighted by atomic mass is 10.3. The molecule has 1 heterocycles. The van der Waals surface area contributed by atoms with Gasteiger partial charge in [-0.25, -0.2) is 9.07 Å². The van der Waals surface area contributed by atoms with E-state index in [1.54, 1.807) is 29.1 Å². The molecule has 2 aromatic rings. The van der Waals surface area contributed by atoms with Gasteiger partial charge in [0.05, 0.1) is 11.9 Å². The van der Waals surface area contributed by atoms with Crippen molar-refractivity contribution in [3.05, 3.63) is 42.0 Å². The lowest BCUT2D eigenvalue weighted by Crippen LogP contribution is -2.10. The zero-order valence-corrected chi connectivity index (χ0v) is 11.5. The van der Waals surface area contributed by atoms with E-state index in [-0.39, 0.29) is 5.82 Å². The van der Waals surface area contributed by atoms with Crippen LogP contribution in [0.1, 0.15) is 25.1 Å². The van der Waals surface area contributed by atoms with Gasteiger partial charge in [-0.3, -0.25) is 0 Å². The maximum Gasteiger partial charge on any atom is 0.136 e. The molecule has 0 saturated heterocycles. The topological polar surface area (TPSA) is 50.9 Å². The van der Waals surface area contributed by atoms with Gasteiger partial charge in [0.1, 0.15) is 11.9 Å². The minimum absolute atomic E-state index is 0.264. The van der Waals surface area contributed by atoms with E-state index >= 15 is 0 Å². The Morgan fingerprint density at radius 2 is 2.21 bits per heavy atom. The van der Waals surface area contributed by atoms with E-state index in [0.29, 0.717) is 16.3 Å². The smallest absolute Gasteiger partial charge is 0.136 e. The van der Waals surface area contributed by atoms with Gasteiger partial charge in [-0.2, -0.15) is 0 Å². The zero-order chi connectivity index (χ0) is 13.7. The largest absolute Gasteiger partial charge is 0.386 e. The van der Waals surface area contributed by atoms with Crippen LogP contribution in [0.3, 0.4) is 0 Å². The number of hydrogen-bond acceptors (Lipinski definition) is 4. The average Bonchev–Trinajstić information content (AvgIpc) is 2.86. The number of aliphatic hydroxyl groups excluding tert-OH is 1. The van der Waals surface area contributed by atoms with E-state index in [2.05, 4.69) is 10.3 Å². The van der Waals surface area contributed by atoms with Crippen molar-refractivity contribution >= 4 is 11.8 Å². The van der Waals surface area contributed by atoms with E-state index in [1.807, 2.05) is 6.92 Å². The number of aliphatic hydroxyl groups is 1. The number of thioether (sulfide) groups is 1. The average molecular weight is 281 g/mol. The molecule has 19 heavy (non-hydrogen) atoms. The first-order chi connectivity index (χ1) is 9.22. The minimum atomic E-state index is -0.703. The van der Waals surface area contributed by atoms with Gasteiger partial charge in [-0.05, 0) is 18.6 Å². The van der Waals surface area contributed by atoms with Crippen LogP contribution in [0.4, 0.5) is 4.39 Å². The fraction of sp³-hybridized carbons (Fsp3) is 0.385. The van der Waals surface area contributed by atoms with Gasteiger partial charge in [0.15, 0.2) is 0 Å². The summed E-state index contributed by atoms with van der Waals surface area (Å²) in [6, 6.07) is 6.54. The monoisotopic (exact) mass is 281 g/mol. The summed E-state index contributed by atoms with van der Waals surface area (Å²) < 4.78 is 15.1. The number of aromatic nitrogens is 3. The quantitative estimate of drug-likeness (QED) is 0.827. The van der Waals surface area contributed by atoms with Crippen LogP contribution < -0.4 is 0 Å². The highest BCUT2D eigenvalue weighted by Gasteiger charge is 2.15. The van der Waals surface area contributed by atoms with Crippen LogP contribution in [0.5, 0.6) is 0 Å². The number of benzene rings is 1. The molecule has 0 aliphatic heterocycles. The van der Waals surface area contributed by atoms with Crippen molar-refractivity contribution < 1.29 is 9.50 Å². The van der Waals surface area contributed by atoms with E-state index in [4.69, 9.17) is 0 Å². The van der Waals surface area contributed by atoms with Crippen LogP contribution >= 0.6 is 11.8 Å². The van der Waals surface area contributed by atoms with Crippen LogP contribution in [0, 0.1) is 5.82 Å². The van der Waals surface area contributed by atoms with Gasteiger partial charge < -0.3 is 5.11 Å². The van der Waals surface area contributed by atoms with Crippen LogP contribution in [0.2, 0.25) is 0 Å². The van der Waals surface area contributed by atoms with Crippen LogP contribution in [0.15, 0.2) is 35.4 Å². The SMILES string of the molecule is CCCn1nncc1C(O)CSc1ccccc1F. The summed E-state index contributed by atoms with van der Waals surface area (Å²) in [7, 11) is 0. The van der Waals surface area contributed by atoms with Crippen LogP contribution in [0.25, 0.3) is 0 Å². The van der Waals surface area contributed by atoms with Crippen molar-refractivity contribution in [3.63, 3.8) is 0 Å². The summed E-state index contributed by atoms with van der Waals surface area (Å²) in [5.41, 5.74) is 0.672. The Labute approximate surface area is 115 Å². The summed E-state index contributed by atoms with van der Waals surface area (Å²) in [4.78, 5) is 0.538. The fourth-order valence-electron chi connectivity index (χ4n) is 1.73. The highest BCUT2D eigenvalue weighted by Crippen LogP contribution is 2.26. The molecule has 1 atom stereocenters. The van der Waals surface area contributed by atoms with Crippen molar-refractivity contribution in [2.75, 3.05) is 5.75 Å². The maximum atomic E-state index is 13.5. The van der Waals surface area contributed by atoms with Crippen molar-refractivity contribution in [2.24, 2.45) is 0 Å². The second-order valence-corrected chi connectivity index (χ2v) is 5.20. The van der Waals surface area contributed by atoms with Gasteiger partial charge in [-0.1, -0.05) is 24.3 Å². The predicted molar refractivity (Wildman–Crippen MR) is 72.4 cm³/mol. The molecular weight excluding hydrogens is 265 g/mol. The molecule has 0 radical (unpaired) electrons. The van der Waals surface area contributed by atoms with Crippen molar-refractivity contribution in [2.45, 2.75) is 30.9 Å². The summed E-state index contributed by atoms with van der Waals surface area (Å²) in [6.45, 7) is 2.75. The minimum Gasteiger partial charge on any atom is -0.386 e. The van der Waals surface area contributed by atoms with E-state index < -0.39 is 6.10 Å². The summed E-state index contributed by atoms with van der Waals surface area (Å²) in [5, 5.41) is 17.9. The Hall–Kier alpha value is -1.40. The van der Waals surface area contributed by atoms with E-state index in [0.717, 1.165) is 13.0 Å². The maximum absolute atomic E-state index is 13.5. The molecule has 0 spiro atoms. The lowest BCUT2D eigenvalue weighted by molar-refractivity contribution is 0.191. The third-order valence-electron chi connectivity index (χ3n) is 2.66. The van der Waals surface area contributed by atoms with Crippen LogP contribution in [-0.2, 0) is 6.54 Å². The molecule has 1 aromatic carbocycles. The summed E-state index contributed by atoms with van der Waals surface area (Å²) in [6.07, 6.45) is 1.78. The third kappa shape index (κ3) is 3.54. The molecule has 0 bridgehead atoms. The number of aryl methyl sites for hydroxylation is 1. The molecule has 0 saturated carbocycles. The number of halogens is 1. The first-order valence-electron chi connectivity index (χ1n) is 6.16. The van der Waals surface area contributed by atoms with Crippen LogP contribution in [-0.4, -0.2) is 25.9 Å². The normalized spacial score (nSPS) is 12.6. The Bertz CT molecular complexity index is 532. The van der Waals surface area contributed by atoms with E-state index in [9.17, 15) is 9.50 Å². The van der Waals surface area contributed by atoms with Gasteiger partial charge in [0.2, 0.25) is 0 Å². The molecule has 1 unspecified atom stereocenters. The molecule has 0 aliphatic rings. The Morgan fingerprint density at radius 1 is 1.42 bits per heavy atom. The number of hydrogen-bond donors (Lipinski definition) is 1. The zero-order valence-electron chi connectivity index (χ0n) is 10.7. The number of nitrogens with zero attached hydrogens (tertiary/aromatic N) is 3. The van der Waals surface area contributed by atoms with Crippen molar-refractivity contribution in [1.82, 2.24) is 15.0 Å². The second kappa shape index (κ2) is 6.68. The second-order valence-electron chi connectivity index (χ2n) is 4.14. The Kier molecular flexibility index (Phi) is 4.93. The molecule has 0 amide bonds. The molecule has 102 valence electrons. The van der Waals surface area contributed by atoms with Gasteiger partial charge in [0, 0.05) is 17.2 Å². The third-order valence-corrected chi connectivity index (χ3v) is 3.78. The predicted octanol–water partition coefficient (Wildman–Crippen LogP) is 2.65. The Balaban J connectivity index is 1.99. The molecule has 0 aliphatic carbocycles. The van der Waals surface area contributed by atoms with Gasteiger partial charge in [0.25, 0.3) is 0 Å². The molecule has 6 heteroatoms. The van der Waals surface area contributed by atoms with Gasteiger partial charge >= 0.3 is 0 Å². The standard InChI is InChI=1S/C13H16FN3OS/c1-2-7-17-11(8-15-16-17)12(18)9-19-13-6-4-3-5-10(13)14/h3-6,8,12,18H,2,7,9H2,1H3. The number of rotatable bonds is 6. The molecule has 1 aromatic heterocycles. The van der Waals surface area contributed by atoms with Crippen molar-refractivity contribution in [3.8, 4) is 0 Å². The lowest BCUT2D eigenvalue weighted by Gasteiger charge is -2.11. The van der Waals surface area contributed by atoms with E-state index in [1.165, 1.54) is 17.8 Å². The van der Waals surface area contributed by atoms with Crippen molar-refractivity contribution in [1.29, 1.82) is 0 Å².